The van der Waals surface area contributed by atoms with E-state index in [4.69, 9.17) is 4.74 Å². The van der Waals surface area contributed by atoms with E-state index < -0.39 is 5.60 Å². The zero-order valence-corrected chi connectivity index (χ0v) is 15.8. The van der Waals surface area contributed by atoms with Crippen LogP contribution in [0.3, 0.4) is 0 Å². The van der Waals surface area contributed by atoms with Crippen LogP contribution >= 0.6 is 0 Å². The first kappa shape index (κ1) is 18.6. The van der Waals surface area contributed by atoms with Crippen molar-refractivity contribution in [3.63, 3.8) is 0 Å². The van der Waals surface area contributed by atoms with E-state index in [1.807, 2.05) is 25.7 Å². The molecule has 2 fully saturated rings. The molecular formula is C19H36N2O2. The Morgan fingerprint density at radius 1 is 1.26 bits per heavy atom. The fraction of sp³-hybridized carbons (Fsp3) is 0.947. The minimum atomic E-state index is -0.407. The molecule has 4 nitrogen and oxygen atoms in total. The normalized spacial score (nSPS) is 23.8. The average molecular weight is 325 g/mol. The van der Waals surface area contributed by atoms with E-state index in [0.717, 1.165) is 38.4 Å². The van der Waals surface area contributed by atoms with E-state index in [2.05, 4.69) is 19.2 Å². The average Bonchev–Trinajstić information content (AvgIpc) is 2.98. The van der Waals surface area contributed by atoms with E-state index in [1.165, 1.54) is 25.7 Å². The Balaban J connectivity index is 1.74. The number of likely N-dealkylation sites (tertiary alicyclic amines) is 1. The second-order valence-electron chi connectivity index (χ2n) is 8.99. The third-order valence-electron chi connectivity index (χ3n) is 5.58. The molecular weight excluding hydrogens is 288 g/mol. The molecule has 1 amide bonds. The summed E-state index contributed by atoms with van der Waals surface area (Å²) in [6.45, 7) is 13.2. The van der Waals surface area contributed by atoms with Gasteiger partial charge in [0.05, 0.1) is 0 Å². The van der Waals surface area contributed by atoms with Crippen molar-refractivity contribution in [2.24, 2.45) is 11.3 Å². The molecule has 1 heterocycles. The first-order valence-electron chi connectivity index (χ1n) is 9.40. The zero-order chi connectivity index (χ0) is 17.1. The van der Waals surface area contributed by atoms with Crippen LogP contribution in [-0.4, -0.2) is 42.3 Å². The maximum absolute atomic E-state index is 12.2. The van der Waals surface area contributed by atoms with Gasteiger partial charge in [-0.3, -0.25) is 0 Å². The smallest absolute Gasteiger partial charge is 0.410 e. The number of rotatable bonds is 4. The lowest BCUT2D eigenvalue weighted by atomic mass is 9.80. The molecule has 134 valence electrons. The summed E-state index contributed by atoms with van der Waals surface area (Å²) < 4.78 is 5.48. The Hall–Kier alpha value is -0.770. The van der Waals surface area contributed by atoms with E-state index >= 15 is 0 Å². The van der Waals surface area contributed by atoms with Crippen molar-refractivity contribution in [3.05, 3.63) is 0 Å². The summed E-state index contributed by atoms with van der Waals surface area (Å²) in [7, 11) is 0. The number of nitrogens with zero attached hydrogens (tertiary/aromatic N) is 1. The molecule has 0 aromatic heterocycles. The first-order valence-corrected chi connectivity index (χ1v) is 9.40. The van der Waals surface area contributed by atoms with Gasteiger partial charge in [-0.2, -0.15) is 0 Å². The van der Waals surface area contributed by atoms with Crippen LogP contribution in [-0.2, 0) is 4.74 Å². The maximum Gasteiger partial charge on any atom is 0.410 e. The highest BCUT2D eigenvalue weighted by molar-refractivity contribution is 5.68. The lowest BCUT2D eigenvalue weighted by Gasteiger charge is -2.40. The molecule has 4 heteroatoms. The quantitative estimate of drug-likeness (QED) is 0.843. The summed E-state index contributed by atoms with van der Waals surface area (Å²) in [5, 5.41) is 3.78. The molecule has 2 rings (SSSR count). The zero-order valence-electron chi connectivity index (χ0n) is 15.8. The molecule has 2 aliphatic rings. The second kappa shape index (κ2) is 7.42. The fourth-order valence-electron chi connectivity index (χ4n) is 3.76. The third kappa shape index (κ3) is 5.66. The van der Waals surface area contributed by atoms with Crippen molar-refractivity contribution < 1.29 is 9.53 Å². The fourth-order valence-corrected chi connectivity index (χ4v) is 3.76. The van der Waals surface area contributed by atoms with Gasteiger partial charge in [0.15, 0.2) is 0 Å². The number of amides is 1. The predicted molar refractivity (Wildman–Crippen MR) is 94.6 cm³/mol. The topological polar surface area (TPSA) is 41.6 Å². The summed E-state index contributed by atoms with van der Waals surface area (Å²) >= 11 is 0. The summed E-state index contributed by atoms with van der Waals surface area (Å²) in [5.41, 5.74) is -0.110. The molecule has 0 spiro atoms. The van der Waals surface area contributed by atoms with Crippen LogP contribution in [0.2, 0.25) is 0 Å². The Labute approximate surface area is 142 Å². The van der Waals surface area contributed by atoms with Crippen molar-refractivity contribution in [1.29, 1.82) is 0 Å². The van der Waals surface area contributed by atoms with Crippen molar-refractivity contribution in [3.8, 4) is 0 Å². The highest BCUT2D eigenvalue weighted by atomic mass is 16.6. The number of carbonyl (C=O) groups excluding carboxylic acids is 1. The van der Waals surface area contributed by atoms with Gasteiger partial charge in [0.25, 0.3) is 0 Å². The van der Waals surface area contributed by atoms with E-state index in [0.29, 0.717) is 11.5 Å². The Morgan fingerprint density at radius 2 is 1.83 bits per heavy atom. The maximum atomic E-state index is 12.2. The minimum absolute atomic E-state index is 0.160. The summed E-state index contributed by atoms with van der Waals surface area (Å²) in [5.74, 6) is 0.862. The molecule has 1 aliphatic heterocycles. The van der Waals surface area contributed by atoms with Crippen LogP contribution in [0, 0.1) is 11.3 Å². The largest absolute Gasteiger partial charge is 0.444 e. The molecule has 23 heavy (non-hydrogen) atoms. The van der Waals surface area contributed by atoms with Crippen LogP contribution in [0.15, 0.2) is 0 Å². The molecule has 1 aliphatic carbocycles. The molecule has 1 atom stereocenters. The second-order valence-corrected chi connectivity index (χ2v) is 8.99. The SMILES string of the molecule is CC(NCC1(C)CCN(C(=O)OC(C)(C)C)CC1)C1CCCC1. The third-order valence-corrected chi connectivity index (χ3v) is 5.58. The van der Waals surface area contributed by atoms with Crippen molar-refractivity contribution in [2.75, 3.05) is 19.6 Å². The van der Waals surface area contributed by atoms with E-state index in [1.54, 1.807) is 0 Å². The minimum Gasteiger partial charge on any atom is -0.444 e. The van der Waals surface area contributed by atoms with Crippen LogP contribution in [0.25, 0.3) is 0 Å². The summed E-state index contributed by atoms with van der Waals surface area (Å²) in [6.07, 6.45) is 7.52. The monoisotopic (exact) mass is 324 g/mol. The van der Waals surface area contributed by atoms with Crippen molar-refractivity contribution in [2.45, 2.75) is 84.8 Å². The molecule has 0 aromatic carbocycles. The summed E-state index contributed by atoms with van der Waals surface area (Å²) in [4.78, 5) is 14.0. The molecule has 1 saturated heterocycles. The van der Waals surface area contributed by atoms with Gasteiger partial charge in [-0.1, -0.05) is 19.8 Å². The summed E-state index contributed by atoms with van der Waals surface area (Å²) in [6, 6.07) is 0.623. The number of ether oxygens (including phenoxy) is 1. The lowest BCUT2D eigenvalue weighted by Crippen LogP contribution is -2.48. The van der Waals surface area contributed by atoms with Gasteiger partial charge in [-0.15, -0.1) is 0 Å². The standard InChI is InChI=1S/C19H36N2O2/c1-15(16-8-6-7-9-16)20-14-19(5)10-12-21(13-11-19)17(22)23-18(2,3)4/h15-16,20H,6-14H2,1-5H3. The lowest BCUT2D eigenvalue weighted by molar-refractivity contribution is 0.0116. The van der Waals surface area contributed by atoms with Crippen LogP contribution in [0.4, 0.5) is 4.79 Å². The number of hydrogen-bond donors (Lipinski definition) is 1. The highest BCUT2D eigenvalue weighted by Gasteiger charge is 2.34. The predicted octanol–water partition coefficient (Wildman–Crippen LogP) is 4.19. The number of carbonyl (C=O) groups is 1. The molecule has 0 bridgehead atoms. The van der Waals surface area contributed by atoms with E-state index in [-0.39, 0.29) is 6.09 Å². The molecule has 0 aromatic rings. The molecule has 0 radical (unpaired) electrons. The highest BCUT2D eigenvalue weighted by Crippen LogP contribution is 2.32. The van der Waals surface area contributed by atoms with Gasteiger partial charge in [-0.05, 0) is 64.7 Å². The first-order chi connectivity index (χ1) is 10.7. The number of nitrogens with one attached hydrogen (secondary N) is 1. The number of hydrogen-bond acceptors (Lipinski definition) is 3. The van der Waals surface area contributed by atoms with Crippen LogP contribution in [0.1, 0.15) is 73.1 Å². The molecule has 1 unspecified atom stereocenters. The number of piperidine rings is 1. The van der Waals surface area contributed by atoms with Gasteiger partial charge in [0.1, 0.15) is 5.60 Å². The van der Waals surface area contributed by atoms with Crippen LogP contribution < -0.4 is 5.32 Å². The van der Waals surface area contributed by atoms with Crippen LogP contribution in [0.5, 0.6) is 0 Å². The molecule has 1 N–H and O–H groups in total. The molecule has 1 saturated carbocycles. The van der Waals surface area contributed by atoms with Gasteiger partial charge in [-0.25, -0.2) is 4.79 Å². The Kier molecular flexibility index (Phi) is 5.99. The Morgan fingerprint density at radius 3 is 2.35 bits per heavy atom. The van der Waals surface area contributed by atoms with Crippen molar-refractivity contribution in [1.82, 2.24) is 10.2 Å². The van der Waals surface area contributed by atoms with Gasteiger partial charge in [0.2, 0.25) is 0 Å². The van der Waals surface area contributed by atoms with Gasteiger partial charge < -0.3 is 15.0 Å². The van der Waals surface area contributed by atoms with E-state index in [9.17, 15) is 4.79 Å². The Bertz CT molecular complexity index is 389. The van der Waals surface area contributed by atoms with Gasteiger partial charge >= 0.3 is 6.09 Å². The van der Waals surface area contributed by atoms with Gasteiger partial charge in [0, 0.05) is 25.7 Å². The van der Waals surface area contributed by atoms with Crippen molar-refractivity contribution >= 4 is 6.09 Å².